The topological polar surface area (TPSA) is 75.9 Å². The number of piperidine rings is 1. The lowest BCUT2D eigenvalue weighted by Gasteiger charge is -2.32. The van der Waals surface area contributed by atoms with Crippen LogP contribution in [-0.2, 0) is 11.3 Å². The zero-order chi connectivity index (χ0) is 20.4. The molecule has 0 radical (unpaired) electrons. The van der Waals surface area contributed by atoms with Crippen LogP contribution in [0.5, 0.6) is 0 Å². The number of aromatic nitrogens is 4. The van der Waals surface area contributed by atoms with Crippen molar-refractivity contribution in [2.24, 2.45) is 5.92 Å². The molecule has 1 aliphatic rings. The van der Waals surface area contributed by atoms with E-state index in [2.05, 4.69) is 31.3 Å². The Labute approximate surface area is 175 Å². The Kier molecular flexibility index (Phi) is 5.67. The SMILES string of the molecule is Cc1nn(CCNC(=O)C2CCN(c3ncnc4ccccc34)CC2)c(C)c1Cl. The van der Waals surface area contributed by atoms with E-state index in [9.17, 15) is 4.79 Å². The van der Waals surface area contributed by atoms with E-state index in [1.165, 1.54) is 0 Å². The van der Waals surface area contributed by atoms with Gasteiger partial charge in [0.05, 0.1) is 28.5 Å². The van der Waals surface area contributed by atoms with Gasteiger partial charge >= 0.3 is 0 Å². The molecule has 4 rings (SSSR count). The summed E-state index contributed by atoms with van der Waals surface area (Å²) in [5.74, 6) is 1.10. The first-order valence-corrected chi connectivity index (χ1v) is 10.3. The minimum atomic E-state index is 0.0309. The van der Waals surface area contributed by atoms with Gasteiger partial charge in [-0.2, -0.15) is 5.10 Å². The van der Waals surface area contributed by atoms with E-state index in [4.69, 9.17) is 11.6 Å². The minimum absolute atomic E-state index is 0.0309. The molecule has 0 unspecified atom stereocenters. The highest BCUT2D eigenvalue weighted by atomic mass is 35.5. The van der Waals surface area contributed by atoms with Gasteiger partial charge in [-0.25, -0.2) is 9.97 Å². The number of hydrogen-bond acceptors (Lipinski definition) is 5. The number of nitrogens with zero attached hydrogens (tertiary/aromatic N) is 5. The number of benzene rings is 1. The fourth-order valence-corrected chi connectivity index (χ4v) is 4.05. The summed E-state index contributed by atoms with van der Waals surface area (Å²) in [5.41, 5.74) is 2.70. The van der Waals surface area contributed by atoms with Crippen LogP contribution >= 0.6 is 11.6 Å². The molecule has 1 aromatic carbocycles. The number of fused-ring (bicyclic) bond motifs is 1. The number of hydrogen-bond donors (Lipinski definition) is 1. The van der Waals surface area contributed by atoms with E-state index in [-0.39, 0.29) is 11.8 Å². The van der Waals surface area contributed by atoms with Crippen LogP contribution in [0.1, 0.15) is 24.2 Å². The maximum absolute atomic E-state index is 12.6. The molecule has 152 valence electrons. The van der Waals surface area contributed by atoms with E-state index in [0.717, 1.165) is 54.0 Å². The fraction of sp³-hybridized carbons (Fsp3) is 0.429. The van der Waals surface area contributed by atoms with Crippen molar-refractivity contribution in [2.75, 3.05) is 24.5 Å². The maximum atomic E-state index is 12.6. The molecule has 8 heteroatoms. The van der Waals surface area contributed by atoms with Crippen LogP contribution in [0, 0.1) is 19.8 Å². The number of nitrogens with one attached hydrogen (secondary N) is 1. The monoisotopic (exact) mass is 412 g/mol. The smallest absolute Gasteiger partial charge is 0.223 e. The molecule has 7 nitrogen and oxygen atoms in total. The molecule has 0 atom stereocenters. The summed E-state index contributed by atoms with van der Waals surface area (Å²) < 4.78 is 1.85. The van der Waals surface area contributed by atoms with Crippen molar-refractivity contribution in [3.05, 3.63) is 47.0 Å². The molecule has 1 aliphatic heterocycles. The number of rotatable bonds is 5. The molecule has 0 spiro atoms. The van der Waals surface area contributed by atoms with Gasteiger partial charge < -0.3 is 10.2 Å². The largest absolute Gasteiger partial charge is 0.356 e. The highest BCUT2D eigenvalue weighted by Gasteiger charge is 2.26. The summed E-state index contributed by atoms with van der Waals surface area (Å²) in [7, 11) is 0. The molecule has 0 aliphatic carbocycles. The Morgan fingerprint density at radius 1 is 1.21 bits per heavy atom. The lowest BCUT2D eigenvalue weighted by molar-refractivity contribution is -0.125. The van der Waals surface area contributed by atoms with Crippen LogP contribution < -0.4 is 10.2 Å². The van der Waals surface area contributed by atoms with Gasteiger partial charge in [-0.3, -0.25) is 9.48 Å². The predicted octanol–water partition coefficient (Wildman–Crippen LogP) is 3.13. The zero-order valence-electron chi connectivity index (χ0n) is 16.7. The number of aryl methyl sites for hydroxylation is 1. The first-order chi connectivity index (χ1) is 14.0. The summed E-state index contributed by atoms with van der Waals surface area (Å²) >= 11 is 6.18. The third-order valence-electron chi connectivity index (χ3n) is 5.60. The van der Waals surface area contributed by atoms with Crippen LogP contribution in [0.15, 0.2) is 30.6 Å². The molecule has 1 fully saturated rings. The average molecular weight is 413 g/mol. The highest BCUT2D eigenvalue weighted by molar-refractivity contribution is 6.31. The van der Waals surface area contributed by atoms with Gasteiger partial charge in [0.1, 0.15) is 12.1 Å². The molecule has 1 saturated heterocycles. The molecule has 29 heavy (non-hydrogen) atoms. The van der Waals surface area contributed by atoms with E-state index in [1.807, 2.05) is 36.7 Å². The van der Waals surface area contributed by atoms with Gasteiger partial charge in [-0.1, -0.05) is 23.7 Å². The van der Waals surface area contributed by atoms with Gasteiger partial charge in [0.25, 0.3) is 0 Å². The normalized spacial score (nSPS) is 15.1. The zero-order valence-corrected chi connectivity index (χ0v) is 17.5. The van der Waals surface area contributed by atoms with Crippen molar-refractivity contribution in [1.29, 1.82) is 0 Å². The summed E-state index contributed by atoms with van der Waals surface area (Å²) in [4.78, 5) is 23.7. The summed E-state index contributed by atoms with van der Waals surface area (Å²) in [6.07, 6.45) is 3.24. The number of halogens is 1. The summed E-state index contributed by atoms with van der Waals surface area (Å²) in [5, 5.41) is 9.21. The van der Waals surface area contributed by atoms with Crippen molar-refractivity contribution in [2.45, 2.75) is 33.2 Å². The molecule has 0 saturated carbocycles. The van der Waals surface area contributed by atoms with Crippen LogP contribution in [0.4, 0.5) is 5.82 Å². The lowest BCUT2D eigenvalue weighted by Crippen LogP contribution is -2.41. The second-order valence-corrected chi connectivity index (χ2v) is 7.85. The van der Waals surface area contributed by atoms with E-state index in [1.54, 1.807) is 6.33 Å². The molecular formula is C21H25ClN6O. The third-order valence-corrected chi connectivity index (χ3v) is 6.15. The van der Waals surface area contributed by atoms with E-state index >= 15 is 0 Å². The lowest BCUT2D eigenvalue weighted by atomic mass is 9.95. The number of amides is 1. The average Bonchev–Trinajstić information content (AvgIpc) is 3.00. The number of anilines is 1. The standard InChI is InChI=1S/C21H25ClN6O/c1-14-19(22)15(2)28(26-14)12-9-23-21(29)16-7-10-27(11-8-16)20-17-5-3-4-6-18(17)24-13-25-20/h3-6,13,16H,7-12H2,1-2H3,(H,23,29). The van der Waals surface area contributed by atoms with Crippen molar-refractivity contribution >= 4 is 34.2 Å². The molecule has 2 aromatic heterocycles. The van der Waals surface area contributed by atoms with E-state index in [0.29, 0.717) is 18.1 Å². The highest BCUT2D eigenvalue weighted by Crippen LogP contribution is 2.27. The second-order valence-electron chi connectivity index (χ2n) is 7.47. The van der Waals surface area contributed by atoms with E-state index < -0.39 is 0 Å². The second kappa shape index (κ2) is 8.37. The predicted molar refractivity (Wildman–Crippen MR) is 114 cm³/mol. The Hall–Kier alpha value is -2.67. The quantitative estimate of drug-likeness (QED) is 0.696. The Morgan fingerprint density at radius 3 is 2.69 bits per heavy atom. The van der Waals surface area contributed by atoms with Gasteiger partial charge in [0.2, 0.25) is 5.91 Å². The molecule has 1 N–H and O–H groups in total. The Bertz CT molecular complexity index is 1020. The van der Waals surface area contributed by atoms with Gasteiger partial charge in [0.15, 0.2) is 0 Å². The van der Waals surface area contributed by atoms with Crippen molar-refractivity contribution in [3.8, 4) is 0 Å². The van der Waals surface area contributed by atoms with Crippen molar-refractivity contribution < 1.29 is 4.79 Å². The van der Waals surface area contributed by atoms with Gasteiger partial charge in [0, 0.05) is 30.9 Å². The molecule has 3 heterocycles. The van der Waals surface area contributed by atoms with Crippen LogP contribution in [-0.4, -0.2) is 45.3 Å². The Morgan fingerprint density at radius 2 is 1.97 bits per heavy atom. The van der Waals surface area contributed by atoms with Crippen LogP contribution in [0.3, 0.4) is 0 Å². The minimum Gasteiger partial charge on any atom is -0.356 e. The fourth-order valence-electron chi connectivity index (χ4n) is 3.92. The van der Waals surface area contributed by atoms with Crippen molar-refractivity contribution in [1.82, 2.24) is 25.1 Å². The molecule has 1 amide bonds. The van der Waals surface area contributed by atoms with Crippen molar-refractivity contribution in [3.63, 3.8) is 0 Å². The summed E-state index contributed by atoms with van der Waals surface area (Å²) in [6, 6.07) is 8.03. The first kappa shape index (κ1) is 19.6. The number of carbonyl (C=O) groups is 1. The molecule has 3 aromatic rings. The summed E-state index contributed by atoms with van der Waals surface area (Å²) in [6.45, 7) is 6.62. The number of carbonyl (C=O) groups excluding carboxylic acids is 1. The number of para-hydroxylation sites is 1. The van der Waals surface area contributed by atoms with Gasteiger partial charge in [-0.15, -0.1) is 0 Å². The van der Waals surface area contributed by atoms with Crippen LogP contribution in [0.2, 0.25) is 5.02 Å². The third kappa shape index (κ3) is 4.05. The Balaban J connectivity index is 1.31. The maximum Gasteiger partial charge on any atom is 0.223 e. The molecular weight excluding hydrogens is 388 g/mol. The first-order valence-electron chi connectivity index (χ1n) is 9.96. The molecule has 0 bridgehead atoms. The van der Waals surface area contributed by atoms with Crippen LogP contribution in [0.25, 0.3) is 10.9 Å². The van der Waals surface area contributed by atoms with Gasteiger partial charge in [-0.05, 0) is 38.8 Å².